The minimum Gasteiger partial charge on any atom is -0.441 e. The minimum absolute atomic E-state index is 0.00454. The number of amides is 5. The van der Waals surface area contributed by atoms with Gasteiger partial charge in [0, 0.05) is 61.0 Å². The summed E-state index contributed by atoms with van der Waals surface area (Å²) in [5.74, 6) is 0.664. The lowest BCUT2D eigenvalue weighted by Gasteiger charge is -2.16. The standard InChI is InChI=1S/C39H63N9O14S/c1-29(62-39(52)42-10-14-57-18-22-60-23-19-58-15-11-44-47-40)31-26-30(6-7-33(31)48(53)54)27-43-36(50)8-12-55-16-20-59-24-25-61-21-17-56-13-9-41-35(49)5-3-2-4-34-37-32(28-63-34)45-38(51)46-37/h6-7,26,29,32,34,37H,2-5,8-25,27-28H2,1H3,(H,41,49)(H,42,52)(H,43,50)(H2,45,46,51). The van der Waals surface area contributed by atoms with Gasteiger partial charge < -0.3 is 64.5 Å². The fourth-order valence-corrected chi connectivity index (χ4v) is 7.77. The van der Waals surface area contributed by atoms with Gasteiger partial charge in [0.25, 0.3) is 5.69 Å². The van der Waals surface area contributed by atoms with Gasteiger partial charge in [-0.05, 0) is 36.9 Å². The number of carbonyl (C=O) groups is 4. The van der Waals surface area contributed by atoms with Crippen molar-refractivity contribution in [3.05, 3.63) is 49.9 Å². The average Bonchev–Trinajstić information content (AvgIpc) is 3.83. The van der Waals surface area contributed by atoms with Crippen molar-refractivity contribution in [2.45, 2.75) is 69.0 Å². The van der Waals surface area contributed by atoms with Crippen LogP contribution in [0.5, 0.6) is 0 Å². The molecule has 5 N–H and O–H groups in total. The number of hydrogen-bond acceptors (Lipinski definition) is 16. The van der Waals surface area contributed by atoms with Crippen molar-refractivity contribution in [3.63, 3.8) is 0 Å². The molecule has 24 heteroatoms. The quantitative estimate of drug-likeness (QED) is 0.0122. The summed E-state index contributed by atoms with van der Waals surface area (Å²) in [7, 11) is 0. The van der Waals surface area contributed by atoms with Gasteiger partial charge in [0.15, 0.2) is 0 Å². The molecule has 2 aliphatic rings. The highest BCUT2D eigenvalue weighted by Crippen LogP contribution is 2.33. The van der Waals surface area contributed by atoms with Gasteiger partial charge in [-0.1, -0.05) is 17.6 Å². The second kappa shape index (κ2) is 33.1. The van der Waals surface area contributed by atoms with E-state index in [0.717, 1.165) is 25.0 Å². The molecule has 2 saturated heterocycles. The first-order valence-electron chi connectivity index (χ1n) is 21.2. The number of alkyl carbamates (subject to hydrolysis) is 1. The predicted octanol–water partition coefficient (Wildman–Crippen LogP) is 2.66. The molecule has 0 bridgehead atoms. The first-order valence-corrected chi connectivity index (χ1v) is 22.2. The van der Waals surface area contributed by atoms with Crippen molar-refractivity contribution in [1.82, 2.24) is 26.6 Å². The largest absolute Gasteiger partial charge is 0.441 e. The number of nitrogens with zero attached hydrogens (tertiary/aromatic N) is 4. The summed E-state index contributed by atoms with van der Waals surface area (Å²) < 4.78 is 43.3. The van der Waals surface area contributed by atoms with E-state index in [4.69, 9.17) is 43.4 Å². The number of urea groups is 1. The fraction of sp³-hybridized carbons (Fsp3) is 0.744. The molecular formula is C39H63N9O14S. The van der Waals surface area contributed by atoms with Crippen LogP contribution in [0.25, 0.3) is 10.4 Å². The third-order valence-corrected chi connectivity index (χ3v) is 10.9. The van der Waals surface area contributed by atoms with Crippen LogP contribution in [0.3, 0.4) is 0 Å². The van der Waals surface area contributed by atoms with E-state index in [0.29, 0.717) is 103 Å². The Morgan fingerprint density at radius 1 is 0.825 bits per heavy atom. The van der Waals surface area contributed by atoms with E-state index < -0.39 is 17.1 Å². The van der Waals surface area contributed by atoms with Gasteiger partial charge in [0.2, 0.25) is 11.8 Å². The Bertz CT molecular complexity index is 1580. The molecule has 0 radical (unpaired) electrons. The van der Waals surface area contributed by atoms with Crippen LogP contribution in [-0.2, 0) is 54.0 Å². The van der Waals surface area contributed by atoms with Crippen LogP contribution in [0.2, 0.25) is 0 Å². The molecule has 23 nitrogen and oxygen atoms in total. The van der Waals surface area contributed by atoms with Crippen molar-refractivity contribution >= 4 is 41.4 Å². The smallest absolute Gasteiger partial charge is 0.407 e. The van der Waals surface area contributed by atoms with Crippen LogP contribution >= 0.6 is 11.8 Å². The number of nitro benzene ring substituents is 1. The Kier molecular flexibility index (Phi) is 27.7. The molecule has 2 aliphatic heterocycles. The van der Waals surface area contributed by atoms with Crippen molar-refractivity contribution in [2.24, 2.45) is 5.11 Å². The number of benzene rings is 1. The van der Waals surface area contributed by atoms with Crippen molar-refractivity contribution < 1.29 is 62.0 Å². The highest BCUT2D eigenvalue weighted by Gasteiger charge is 2.42. The van der Waals surface area contributed by atoms with Crippen molar-refractivity contribution in [3.8, 4) is 0 Å². The second-order valence-electron chi connectivity index (χ2n) is 14.1. The highest BCUT2D eigenvalue weighted by atomic mass is 32.2. The van der Waals surface area contributed by atoms with E-state index in [1.165, 1.54) is 25.1 Å². The molecule has 0 aliphatic carbocycles. The van der Waals surface area contributed by atoms with Gasteiger partial charge in [0.1, 0.15) is 6.10 Å². The highest BCUT2D eigenvalue weighted by molar-refractivity contribution is 8.00. The van der Waals surface area contributed by atoms with E-state index in [1.54, 1.807) is 0 Å². The van der Waals surface area contributed by atoms with Crippen LogP contribution in [0.15, 0.2) is 23.3 Å². The summed E-state index contributed by atoms with van der Waals surface area (Å²) in [6, 6.07) is 4.68. The monoisotopic (exact) mass is 913 g/mol. The van der Waals surface area contributed by atoms with Crippen molar-refractivity contribution in [2.75, 3.05) is 118 Å². The summed E-state index contributed by atoms with van der Waals surface area (Å²) in [6.45, 7) is 6.98. The van der Waals surface area contributed by atoms with Gasteiger partial charge in [-0.2, -0.15) is 11.8 Å². The maximum atomic E-state index is 12.4. The summed E-state index contributed by atoms with van der Waals surface area (Å²) in [5, 5.41) is 29.5. The first kappa shape index (κ1) is 52.8. The number of azide groups is 1. The number of hydrogen-bond donors (Lipinski definition) is 5. The number of thioether (sulfide) groups is 1. The molecule has 2 heterocycles. The molecule has 4 unspecified atom stereocenters. The number of ether oxygens (including phenoxy) is 8. The summed E-state index contributed by atoms with van der Waals surface area (Å²) in [5.41, 5.74) is 8.72. The number of nitro groups is 1. The van der Waals surface area contributed by atoms with Crippen LogP contribution in [0.4, 0.5) is 15.3 Å². The summed E-state index contributed by atoms with van der Waals surface area (Å²) in [6.07, 6.45) is 1.56. The molecule has 1 aromatic carbocycles. The average molecular weight is 914 g/mol. The second-order valence-corrected chi connectivity index (χ2v) is 15.4. The summed E-state index contributed by atoms with van der Waals surface area (Å²) >= 11 is 1.88. The normalized spacial score (nSPS) is 16.9. The zero-order valence-electron chi connectivity index (χ0n) is 35.9. The maximum Gasteiger partial charge on any atom is 0.407 e. The zero-order valence-corrected chi connectivity index (χ0v) is 36.7. The topological polar surface area (TPSA) is 294 Å². The molecule has 1 aromatic rings. The third kappa shape index (κ3) is 23.7. The Morgan fingerprint density at radius 3 is 2.05 bits per heavy atom. The Morgan fingerprint density at radius 2 is 1.41 bits per heavy atom. The van der Waals surface area contributed by atoms with E-state index in [-0.39, 0.29) is 80.4 Å². The van der Waals surface area contributed by atoms with Crippen LogP contribution < -0.4 is 26.6 Å². The number of fused-ring (bicyclic) bond motifs is 1. The maximum absolute atomic E-state index is 12.4. The SMILES string of the molecule is CC(OC(=O)NCCOCCOCCOCCN=[N+]=[N-])c1cc(CNC(=O)CCOCCOCCOCCOCCNC(=O)CCCCC2SCC3NC(=O)NC32)ccc1[N+](=O)[O-]. The molecule has 3 rings (SSSR count). The van der Waals surface area contributed by atoms with Gasteiger partial charge in [0.05, 0.1) is 115 Å². The zero-order chi connectivity index (χ0) is 45.3. The molecule has 2 fully saturated rings. The Hall–Kier alpha value is -4.52. The number of unbranched alkanes of at least 4 members (excludes halogenated alkanes) is 1. The summed E-state index contributed by atoms with van der Waals surface area (Å²) in [4.78, 5) is 62.1. The minimum atomic E-state index is -0.960. The van der Waals surface area contributed by atoms with E-state index in [2.05, 4.69) is 36.6 Å². The molecule has 0 saturated carbocycles. The molecular weight excluding hydrogens is 851 g/mol. The van der Waals surface area contributed by atoms with Crippen LogP contribution in [-0.4, -0.2) is 164 Å². The van der Waals surface area contributed by atoms with Crippen LogP contribution in [0.1, 0.15) is 56.3 Å². The molecule has 0 aromatic heterocycles. The van der Waals surface area contributed by atoms with Crippen LogP contribution in [0, 0.1) is 10.1 Å². The van der Waals surface area contributed by atoms with Gasteiger partial charge in [-0.25, -0.2) is 9.59 Å². The molecule has 0 spiro atoms. The Labute approximate surface area is 371 Å². The van der Waals surface area contributed by atoms with Gasteiger partial charge in [-0.3, -0.25) is 19.7 Å². The predicted molar refractivity (Wildman–Crippen MR) is 229 cm³/mol. The Balaban J connectivity index is 1.11. The van der Waals surface area contributed by atoms with E-state index in [9.17, 15) is 29.3 Å². The third-order valence-electron chi connectivity index (χ3n) is 9.40. The number of carbonyl (C=O) groups excluding carboxylic acids is 4. The molecule has 354 valence electrons. The van der Waals surface area contributed by atoms with Gasteiger partial charge in [-0.15, -0.1) is 0 Å². The first-order chi connectivity index (χ1) is 30.7. The lowest BCUT2D eigenvalue weighted by Crippen LogP contribution is -2.36. The van der Waals surface area contributed by atoms with E-state index >= 15 is 0 Å². The van der Waals surface area contributed by atoms with Gasteiger partial charge >= 0.3 is 12.1 Å². The lowest BCUT2D eigenvalue weighted by molar-refractivity contribution is -0.386. The van der Waals surface area contributed by atoms with E-state index in [1.807, 2.05) is 11.8 Å². The molecule has 63 heavy (non-hydrogen) atoms. The number of rotatable bonds is 37. The molecule has 5 amide bonds. The van der Waals surface area contributed by atoms with Crippen molar-refractivity contribution in [1.29, 1.82) is 0 Å². The lowest BCUT2D eigenvalue weighted by atomic mass is 10.0. The number of nitrogens with one attached hydrogen (secondary N) is 5. The fourth-order valence-electron chi connectivity index (χ4n) is 6.23. The molecule has 4 atom stereocenters.